The van der Waals surface area contributed by atoms with Crippen LogP contribution in [-0.2, 0) is 6.42 Å². The number of nitrogen functional groups attached to an aromatic ring is 1. The second kappa shape index (κ2) is 4.87. The van der Waals surface area contributed by atoms with E-state index in [4.69, 9.17) is 10.8 Å². The van der Waals surface area contributed by atoms with E-state index in [1.165, 1.54) is 19.2 Å². The Bertz CT molecular complexity index is 390. The zero-order valence-electron chi connectivity index (χ0n) is 10.2. The van der Waals surface area contributed by atoms with Crippen molar-refractivity contribution >= 4 is 11.6 Å². The van der Waals surface area contributed by atoms with Crippen molar-refractivity contribution in [1.29, 1.82) is 0 Å². The third kappa shape index (κ3) is 2.66. The van der Waals surface area contributed by atoms with Gasteiger partial charge in [0.2, 0.25) is 0 Å². The van der Waals surface area contributed by atoms with Crippen LogP contribution in [0.4, 0.5) is 11.6 Å². The van der Waals surface area contributed by atoms with E-state index in [0.29, 0.717) is 5.82 Å². The molecule has 0 spiro atoms. The van der Waals surface area contributed by atoms with Crippen LogP contribution in [0.5, 0.6) is 0 Å². The fourth-order valence-corrected chi connectivity index (χ4v) is 2.13. The number of nitrogens with zero attached hydrogens (tertiary/aromatic N) is 2. The van der Waals surface area contributed by atoms with E-state index in [-0.39, 0.29) is 12.0 Å². The van der Waals surface area contributed by atoms with E-state index < -0.39 is 0 Å². The molecule has 5 nitrogen and oxygen atoms in total. The average Bonchev–Trinajstić information content (AvgIpc) is 3.07. The van der Waals surface area contributed by atoms with E-state index in [0.717, 1.165) is 30.8 Å². The Morgan fingerprint density at radius 3 is 2.82 bits per heavy atom. The third-order valence-corrected chi connectivity index (χ3v) is 3.56. The number of anilines is 2. The number of nitrogens with two attached hydrogens (primary N) is 1. The Kier molecular flexibility index (Phi) is 3.47. The molecule has 0 atom stereocenters. The van der Waals surface area contributed by atoms with Crippen LogP contribution in [-0.4, -0.2) is 28.2 Å². The van der Waals surface area contributed by atoms with Crippen molar-refractivity contribution < 1.29 is 5.11 Å². The molecule has 5 heteroatoms. The maximum Gasteiger partial charge on any atom is 0.134 e. The Morgan fingerprint density at radius 2 is 2.24 bits per heavy atom. The van der Waals surface area contributed by atoms with Gasteiger partial charge in [0, 0.05) is 18.7 Å². The van der Waals surface area contributed by atoms with Gasteiger partial charge in [-0.3, -0.25) is 0 Å². The molecule has 0 bridgehead atoms. The van der Waals surface area contributed by atoms with Crippen molar-refractivity contribution in [2.45, 2.75) is 32.6 Å². The van der Waals surface area contributed by atoms with E-state index in [1.54, 1.807) is 0 Å². The lowest BCUT2D eigenvalue weighted by Gasteiger charge is -2.17. The molecule has 17 heavy (non-hydrogen) atoms. The van der Waals surface area contributed by atoms with Gasteiger partial charge in [-0.1, -0.05) is 6.92 Å². The van der Waals surface area contributed by atoms with Crippen LogP contribution in [0.1, 0.15) is 31.7 Å². The molecule has 1 saturated carbocycles. The van der Waals surface area contributed by atoms with Gasteiger partial charge in [-0.05, 0) is 31.1 Å². The molecular formula is C12H20N4O. The summed E-state index contributed by atoms with van der Waals surface area (Å²) in [6.45, 7) is 3.16. The normalized spacial score (nSPS) is 16.8. The summed E-state index contributed by atoms with van der Waals surface area (Å²) < 4.78 is 0. The summed E-state index contributed by atoms with van der Waals surface area (Å²) in [5, 5.41) is 12.4. The number of aromatic nitrogens is 2. The van der Waals surface area contributed by atoms with Crippen LogP contribution in [0.25, 0.3) is 0 Å². The number of hydrogen-bond acceptors (Lipinski definition) is 5. The highest BCUT2D eigenvalue weighted by atomic mass is 16.3. The van der Waals surface area contributed by atoms with Crippen LogP contribution in [0, 0.1) is 5.41 Å². The van der Waals surface area contributed by atoms with E-state index >= 15 is 0 Å². The molecule has 0 aromatic carbocycles. The zero-order valence-corrected chi connectivity index (χ0v) is 10.2. The van der Waals surface area contributed by atoms with Crippen molar-refractivity contribution in [2.24, 2.45) is 5.41 Å². The van der Waals surface area contributed by atoms with Gasteiger partial charge >= 0.3 is 0 Å². The van der Waals surface area contributed by atoms with Crippen molar-refractivity contribution in [3.63, 3.8) is 0 Å². The molecule has 1 aromatic rings. The van der Waals surface area contributed by atoms with Gasteiger partial charge in [0.05, 0.1) is 0 Å². The number of rotatable bonds is 6. The summed E-state index contributed by atoms with van der Waals surface area (Å²) in [6, 6.07) is 0. The van der Waals surface area contributed by atoms with Crippen molar-refractivity contribution in [3.8, 4) is 0 Å². The standard InChI is InChI=1S/C12H20N4O/c1-2-9-10(13)15-8-16-11(9)14-7-12(3-4-12)5-6-17/h8,17H,2-7H2,1H3,(H3,13,14,15,16). The Hall–Kier alpha value is -1.36. The lowest BCUT2D eigenvalue weighted by atomic mass is 10.0. The largest absolute Gasteiger partial charge is 0.396 e. The molecule has 0 aliphatic heterocycles. The summed E-state index contributed by atoms with van der Waals surface area (Å²) in [4.78, 5) is 8.23. The average molecular weight is 236 g/mol. The number of aliphatic hydroxyl groups is 1. The molecule has 1 aliphatic rings. The number of aliphatic hydroxyl groups excluding tert-OH is 1. The third-order valence-electron chi connectivity index (χ3n) is 3.56. The molecule has 0 radical (unpaired) electrons. The topological polar surface area (TPSA) is 84.1 Å². The van der Waals surface area contributed by atoms with Gasteiger partial charge in [0.1, 0.15) is 18.0 Å². The quantitative estimate of drug-likeness (QED) is 0.691. The Morgan fingerprint density at radius 1 is 1.47 bits per heavy atom. The zero-order chi connectivity index (χ0) is 12.3. The minimum Gasteiger partial charge on any atom is -0.396 e. The van der Waals surface area contributed by atoms with Crippen molar-refractivity contribution in [2.75, 3.05) is 24.2 Å². The highest BCUT2D eigenvalue weighted by Crippen LogP contribution is 2.48. The summed E-state index contributed by atoms with van der Waals surface area (Å²) >= 11 is 0. The van der Waals surface area contributed by atoms with Crippen molar-refractivity contribution in [1.82, 2.24) is 9.97 Å². The van der Waals surface area contributed by atoms with E-state index in [2.05, 4.69) is 15.3 Å². The second-order valence-corrected chi connectivity index (χ2v) is 4.77. The molecule has 1 aliphatic carbocycles. The summed E-state index contributed by atoms with van der Waals surface area (Å²) in [5.41, 5.74) is 7.07. The SMILES string of the molecule is CCc1c(N)ncnc1NCC1(CCO)CC1. The van der Waals surface area contributed by atoms with Gasteiger partial charge in [-0.2, -0.15) is 0 Å². The molecule has 0 saturated heterocycles. The minimum absolute atomic E-state index is 0.258. The number of nitrogens with one attached hydrogen (secondary N) is 1. The van der Waals surface area contributed by atoms with Crippen LogP contribution in [0.2, 0.25) is 0 Å². The smallest absolute Gasteiger partial charge is 0.134 e. The van der Waals surface area contributed by atoms with Gasteiger partial charge in [-0.25, -0.2) is 9.97 Å². The molecule has 4 N–H and O–H groups in total. The highest BCUT2D eigenvalue weighted by molar-refractivity contribution is 5.55. The lowest BCUT2D eigenvalue weighted by molar-refractivity contribution is 0.253. The summed E-state index contributed by atoms with van der Waals surface area (Å²) in [6.07, 6.45) is 5.54. The van der Waals surface area contributed by atoms with Crippen LogP contribution in [0.3, 0.4) is 0 Å². The summed E-state index contributed by atoms with van der Waals surface area (Å²) in [7, 11) is 0. The molecule has 0 unspecified atom stereocenters. The minimum atomic E-state index is 0.258. The maximum absolute atomic E-state index is 9.01. The molecule has 1 heterocycles. The first-order valence-electron chi connectivity index (χ1n) is 6.15. The molecule has 0 amide bonds. The fourth-order valence-electron chi connectivity index (χ4n) is 2.13. The molecular weight excluding hydrogens is 216 g/mol. The van der Waals surface area contributed by atoms with Gasteiger partial charge in [0.15, 0.2) is 0 Å². The first-order chi connectivity index (χ1) is 8.21. The second-order valence-electron chi connectivity index (χ2n) is 4.77. The van der Waals surface area contributed by atoms with E-state index in [1.807, 2.05) is 6.92 Å². The first-order valence-corrected chi connectivity index (χ1v) is 6.15. The number of hydrogen-bond donors (Lipinski definition) is 3. The van der Waals surface area contributed by atoms with Gasteiger partial charge in [0.25, 0.3) is 0 Å². The monoisotopic (exact) mass is 236 g/mol. The summed E-state index contributed by atoms with van der Waals surface area (Å²) in [5.74, 6) is 1.39. The van der Waals surface area contributed by atoms with Gasteiger partial charge in [-0.15, -0.1) is 0 Å². The van der Waals surface area contributed by atoms with Crippen molar-refractivity contribution in [3.05, 3.63) is 11.9 Å². The molecule has 2 rings (SSSR count). The Balaban J connectivity index is 2.02. The maximum atomic E-state index is 9.01. The predicted molar refractivity (Wildman–Crippen MR) is 67.7 cm³/mol. The van der Waals surface area contributed by atoms with Crippen LogP contribution >= 0.6 is 0 Å². The van der Waals surface area contributed by atoms with Gasteiger partial charge < -0.3 is 16.2 Å². The van der Waals surface area contributed by atoms with Crippen LogP contribution < -0.4 is 11.1 Å². The highest BCUT2D eigenvalue weighted by Gasteiger charge is 2.41. The van der Waals surface area contributed by atoms with Crippen LogP contribution in [0.15, 0.2) is 6.33 Å². The molecule has 1 aromatic heterocycles. The molecule has 1 fully saturated rings. The van der Waals surface area contributed by atoms with E-state index in [9.17, 15) is 0 Å². The molecule has 94 valence electrons. The lowest BCUT2D eigenvalue weighted by Crippen LogP contribution is -2.18. The first kappa shape index (κ1) is 12.1. The Labute approximate surface area is 101 Å². The predicted octanol–water partition coefficient (Wildman–Crippen LogP) is 1.20. The fraction of sp³-hybridized carbons (Fsp3) is 0.667.